The molecule has 118 valence electrons. The van der Waals surface area contributed by atoms with Gasteiger partial charge in [0, 0.05) is 13.1 Å². The highest BCUT2D eigenvalue weighted by Gasteiger charge is 2.28. The Morgan fingerprint density at radius 2 is 2.05 bits per heavy atom. The summed E-state index contributed by atoms with van der Waals surface area (Å²) >= 11 is 2.93. The quantitative estimate of drug-likeness (QED) is 0.726. The molecular weight excluding hydrogens is 365 g/mol. The first-order valence-corrected chi connectivity index (χ1v) is 8.48. The molecule has 0 fully saturated rings. The third-order valence-electron chi connectivity index (χ3n) is 2.72. The van der Waals surface area contributed by atoms with Gasteiger partial charge in [0.2, 0.25) is 15.9 Å². The van der Waals surface area contributed by atoms with E-state index in [2.05, 4.69) is 21.2 Å². The smallest absolute Gasteiger partial charge is 0.245 e. The Balaban J connectivity index is 3.19. The molecular formula is C12H17BrFN3O3S. The Bertz CT molecular complexity index is 637. The molecule has 0 aliphatic heterocycles. The number of carbonyl (C=O) groups is 1. The summed E-state index contributed by atoms with van der Waals surface area (Å²) in [6.07, 6.45) is 0. The summed E-state index contributed by atoms with van der Waals surface area (Å²) < 4.78 is 39.3. The van der Waals surface area contributed by atoms with E-state index < -0.39 is 21.7 Å². The molecule has 9 heteroatoms. The van der Waals surface area contributed by atoms with Crippen LogP contribution in [0.15, 0.2) is 21.5 Å². The zero-order valence-electron chi connectivity index (χ0n) is 11.7. The normalized spacial score (nSPS) is 11.7. The van der Waals surface area contributed by atoms with Crippen molar-refractivity contribution in [2.24, 2.45) is 0 Å². The Morgan fingerprint density at radius 3 is 2.57 bits per heavy atom. The van der Waals surface area contributed by atoms with Gasteiger partial charge in [0.25, 0.3) is 0 Å². The van der Waals surface area contributed by atoms with Gasteiger partial charge < -0.3 is 11.1 Å². The maximum absolute atomic E-state index is 13.3. The fourth-order valence-electron chi connectivity index (χ4n) is 1.69. The molecule has 0 saturated carbocycles. The lowest BCUT2D eigenvalue weighted by atomic mass is 10.3. The van der Waals surface area contributed by atoms with E-state index in [1.54, 1.807) is 13.8 Å². The number of likely N-dealkylation sites (N-methyl/N-ethyl adjacent to an activating group) is 2. The van der Waals surface area contributed by atoms with Crippen LogP contribution in [0.1, 0.15) is 13.8 Å². The number of sulfonamides is 1. The predicted molar refractivity (Wildman–Crippen MR) is 81.6 cm³/mol. The minimum atomic E-state index is -3.98. The number of benzene rings is 1. The van der Waals surface area contributed by atoms with Crippen molar-refractivity contribution in [1.82, 2.24) is 9.62 Å². The molecule has 0 spiro atoms. The zero-order chi connectivity index (χ0) is 16.2. The number of nitrogen functional groups attached to an aromatic ring is 1. The highest BCUT2D eigenvalue weighted by Crippen LogP contribution is 2.28. The fraction of sp³-hybridized carbons (Fsp3) is 0.417. The van der Waals surface area contributed by atoms with E-state index in [4.69, 9.17) is 5.73 Å². The number of hydrogen-bond acceptors (Lipinski definition) is 4. The molecule has 6 nitrogen and oxygen atoms in total. The number of carbonyl (C=O) groups excluding carboxylic acids is 1. The summed E-state index contributed by atoms with van der Waals surface area (Å²) in [5.74, 6) is -1.07. The lowest BCUT2D eigenvalue weighted by molar-refractivity contribution is -0.121. The molecule has 1 aromatic rings. The lowest BCUT2D eigenvalue weighted by Crippen LogP contribution is -2.40. The van der Waals surface area contributed by atoms with Crippen LogP contribution in [0, 0.1) is 5.82 Å². The second-order valence-corrected chi connectivity index (χ2v) is 6.95. The van der Waals surface area contributed by atoms with Gasteiger partial charge in [-0.25, -0.2) is 12.8 Å². The van der Waals surface area contributed by atoms with Crippen LogP contribution >= 0.6 is 15.9 Å². The molecule has 0 heterocycles. The van der Waals surface area contributed by atoms with Crippen LogP contribution in [0.25, 0.3) is 0 Å². The number of amides is 1. The van der Waals surface area contributed by atoms with Crippen LogP contribution in [0.2, 0.25) is 0 Å². The molecule has 1 aromatic carbocycles. The zero-order valence-corrected chi connectivity index (χ0v) is 14.1. The SMILES string of the molecule is CCNC(=O)CN(CC)S(=O)(=O)c1cc(Br)c(F)cc1N. The molecule has 0 radical (unpaired) electrons. The molecule has 0 saturated heterocycles. The Kier molecular flexibility index (Phi) is 6.11. The molecule has 0 atom stereocenters. The van der Waals surface area contributed by atoms with E-state index in [-0.39, 0.29) is 28.1 Å². The summed E-state index contributed by atoms with van der Waals surface area (Å²) in [5, 5.41) is 2.52. The molecule has 0 bridgehead atoms. The van der Waals surface area contributed by atoms with Crippen molar-refractivity contribution in [3.63, 3.8) is 0 Å². The van der Waals surface area contributed by atoms with Gasteiger partial charge in [0.15, 0.2) is 0 Å². The van der Waals surface area contributed by atoms with Crippen LogP contribution in [0.3, 0.4) is 0 Å². The van der Waals surface area contributed by atoms with Crippen molar-refractivity contribution in [1.29, 1.82) is 0 Å². The van der Waals surface area contributed by atoms with Gasteiger partial charge in [-0.05, 0) is 35.0 Å². The first-order chi connectivity index (χ1) is 9.73. The van der Waals surface area contributed by atoms with Gasteiger partial charge in [-0.1, -0.05) is 6.92 Å². The topological polar surface area (TPSA) is 92.5 Å². The van der Waals surface area contributed by atoms with E-state index in [9.17, 15) is 17.6 Å². The minimum Gasteiger partial charge on any atom is -0.398 e. The molecule has 0 aromatic heterocycles. The van der Waals surface area contributed by atoms with Crippen molar-refractivity contribution in [3.05, 3.63) is 22.4 Å². The summed E-state index contributed by atoms with van der Waals surface area (Å²) in [5.41, 5.74) is 5.39. The van der Waals surface area contributed by atoms with Crippen LogP contribution in [0.4, 0.5) is 10.1 Å². The Hall–Kier alpha value is -1.19. The summed E-state index contributed by atoms with van der Waals surface area (Å²) in [7, 11) is -3.98. The number of nitrogens with two attached hydrogens (primary N) is 1. The first kappa shape index (κ1) is 17.9. The summed E-state index contributed by atoms with van der Waals surface area (Å²) in [6.45, 7) is 3.51. The van der Waals surface area contributed by atoms with Gasteiger partial charge in [0.1, 0.15) is 10.7 Å². The van der Waals surface area contributed by atoms with Crippen molar-refractivity contribution >= 4 is 37.5 Å². The fourth-order valence-corrected chi connectivity index (χ4v) is 3.71. The predicted octanol–water partition coefficient (Wildman–Crippen LogP) is 1.32. The van der Waals surface area contributed by atoms with Crippen LogP contribution in [0.5, 0.6) is 0 Å². The second kappa shape index (κ2) is 7.19. The van der Waals surface area contributed by atoms with Crippen molar-refractivity contribution in [3.8, 4) is 0 Å². The molecule has 0 aliphatic rings. The average molecular weight is 382 g/mol. The number of nitrogens with zero attached hydrogens (tertiary/aromatic N) is 1. The van der Waals surface area contributed by atoms with Crippen LogP contribution in [-0.4, -0.2) is 38.3 Å². The first-order valence-electron chi connectivity index (χ1n) is 6.25. The molecule has 0 aliphatic carbocycles. The molecule has 21 heavy (non-hydrogen) atoms. The standard InChI is InChI=1S/C12H17BrFN3O3S/c1-3-16-12(18)7-17(4-2)21(19,20)11-5-8(13)9(14)6-10(11)15/h5-6H,3-4,7,15H2,1-2H3,(H,16,18). The second-order valence-electron chi connectivity index (χ2n) is 4.19. The van der Waals surface area contributed by atoms with Gasteiger partial charge in [0.05, 0.1) is 16.7 Å². The van der Waals surface area contributed by atoms with Crippen molar-refractivity contribution in [2.45, 2.75) is 18.7 Å². The summed E-state index contributed by atoms with van der Waals surface area (Å²) in [6, 6.07) is 2.03. The average Bonchev–Trinajstić information content (AvgIpc) is 2.40. The summed E-state index contributed by atoms with van der Waals surface area (Å²) in [4.78, 5) is 11.3. The number of anilines is 1. The third kappa shape index (κ3) is 4.14. The maximum atomic E-state index is 13.3. The highest BCUT2D eigenvalue weighted by atomic mass is 79.9. The minimum absolute atomic E-state index is 0.00987. The van der Waals surface area contributed by atoms with Crippen LogP contribution in [-0.2, 0) is 14.8 Å². The van der Waals surface area contributed by atoms with E-state index in [0.717, 1.165) is 16.4 Å². The molecule has 1 rings (SSSR count). The lowest BCUT2D eigenvalue weighted by Gasteiger charge is -2.21. The molecule has 1 amide bonds. The van der Waals surface area contributed by atoms with E-state index in [1.165, 1.54) is 0 Å². The third-order valence-corrected chi connectivity index (χ3v) is 5.30. The highest BCUT2D eigenvalue weighted by molar-refractivity contribution is 9.10. The molecule has 0 unspecified atom stereocenters. The molecule has 3 N–H and O–H groups in total. The largest absolute Gasteiger partial charge is 0.398 e. The van der Waals surface area contributed by atoms with E-state index in [1.807, 2.05) is 0 Å². The number of nitrogens with one attached hydrogen (secondary N) is 1. The Morgan fingerprint density at radius 1 is 1.43 bits per heavy atom. The van der Waals surface area contributed by atoms with Gasteiger partial charge in [-0.15, -0.1) is 0 Å². The van der Waals surface area contributed by atoms with Crippen LogP contribution < -0.4 is 11.1 Å². The van der Waals surface area contributed by atoms with E-state index in [0.29, 0.717) is 6.54 Å². The van der Waals surface area contributed by atoms with Gasteiger partial charge in [-0.3, -0.25) is 4.79 Å². The van der Waals surface area contributed by atoms with Gasteiger partial charge in [-0.2, -0.15) is 4.31 Å². The van der Waals surface area contributed by atoms with Gasteiger partial charge >= 0.3 is 0 Å². The van der Waals surface area contributed by atoms with Crippen molar-refractivity contribution < 1.29 is 17.6 Å². The monoisotopic (exact) mass is 381 g/mol. The maximum Gasteiger partial charge on any atom is 0.245 e. The number of halogens is 2. The number of rotatable bonds is 6. The Labute approximate surface area is 131 Å². The van der Waals surface area contributed by atoms with E-state index >= 15 is 0 Å². The van der Waals surface area contributed by atoms with Crippen molar-refractivity contribution in [2.75, 3.05) is 25.4 Å². The number of hydrogen-bond donors (Lipinski definition) is 2.